The molecule has 0 spiro atoms. The van der Waals surface area contributed by atoms with Crippen molar-refractivity contribution in [1.82, 2.24) is 0 Å². The van der Waals surface area contributed by atoms with E-state index >= 15 is 0 Å². The molecule has 82 valence electrons. The average molecular weight is 234 g/mol. The molecule has 5 nitrogen and oxygen atoms in total. The zero-order chi connectivity index (χ0) is 10.5. The molecule has 0 radical (unpaired) electrons. The fourth-order valence-corrected chi connectivity index (χ4v) is 1.64. The molecular formula is C7H19N2NaO3S. The third-order valence-corrected chi connectivity index (χ3v) is 3.43. The molecule has 0 aromatic rings. The Morgan fingerprint density at radius 2 is 1.79 bits per heavy atom. The molecule has 0 amide bonds. The van der Waals surface area contributed by atoms with Gasteiger partial charge in [0.2, 0.25) is 0 Å². The van der Waals surface area contributed by atoms with Crippen molar-refractivity contribution in [1.29, 1.82) is 0 Å². The van der Waals surface area contributed by atoms with Crippen molar-refractivity contribution in [3.05, 3.63) is 0 Å². The molecule has 0 fully saturated rings. The summed E-state index contributed by atoms with van der Waals surface area (Å²) in [4.78, 5) is -1.75. The predicted molar refractivity (Wildman–Crippen MR) is 58.3 cm³/mol. The van der Waals surface area contributed by atoms with Crippen molar-refractivity contribution in [2.75, 3.05) is 7.11 Å². The molecule has 7 heteroatoms. The molecule has 0 aliphatic heterocycles. The third kappa shape index (κ3) is 5.06. The van der Waals surface area contributed by atoms with E-state index in [1.165, 1.54) is 0 Å². The van der Waals surface area contributed by atoms with Crippen LogP contribution in [0.2, 0.25) is 0 Å². The Bertz CT molecular complexity index is 241. The molecule has 0 aliphatic carbocycles. The normalized spacial score (nSPS) is 12.3. The van der Waals surface area contributed by atoms with Crippen molar-refractivity contribution >= 4 is 39.7 Å². The number of nitrogens with two attached hydrogens (primary N) is 2. The van der Waals surface area contributed by atoms with Crippen LogP contribution >= 0.6 is 0 Å². The molecule has 0 aromatic carbocycles. The second kappa shape index (κ2) is 7.16. The van der Waals surface area contributed by atoms with E-state index in [2.05, 4.69) is 4.18 Å². The summed E-state index contributed by atoms with van der Waals surface area (Å²) >= 11 is 0. The minimum atomic E-state index is -3.82. The number of hydrogen-bond acceptors (Lipinski definition) is 5. The Hall–Kier alpha value is 0.830. The number of hydrogen-bond donors (Lipinski definition) is 2. The van der Waals surface area contributed by atoms with Crippen LogP contribution in [0.5, 0.6) is 0 Å². The van der Waals surface area contributed by atoms with Crippen LogP contribution in [0, 0.1) is 0 Å². The van der Waals surface area contributed by atoms with Gasteiger partial charge in [-0.25, -0.2) is 0 Å². The maximum atomic E-state index is 11.1. The SMILES string of the molecule is CCCCCC(N)(N)S(=O)(=O)OC.[NaH]. The van der Waals surface area contributed by atoms with Crippen molar-refractivity contribution in [2.45, 2.75) is 37.6 Å². The van der Waals surface area contributed by atoms with Gasteiger partial charge in [0.25, 0.3) is 10.1 Å². The van der Waals surface area contributed by atoms with Gasteiger partial charge in [-0.1, -0.05) is 19.8 Å². The summed E-state index contributed by atoms with van der Waals surface area (Å²) in [7, 11) is -2.76. The Labute approximate surface area is 108 Å². The quantitative estimate of drug-likeness (QED) is 0.279. The molecule has 0 saturated carbocycles. The third-order valence-electron chi connectivity index (χ3n) is 1.86. The van der Waals surface area contributed by atoms with Gasteiger partial charge in [-0.2, -0.15) is 8.42 Å². The molecule has 0 aliphatic rings. The van der Waals surface area contributed by atoms with E-state index in [0.717, 1.165) is 20.0 Å². The van der Waals surface area contributed by atoms with Gasteiger partial charge in [0.05, 0.1) is 7.11 Å². The molecule has 0 atom stereocenters. The van der Waals surface area contributed by atoms with E-state index in [4.69, 9.17) is 11.5 Å². The van der Waals surface area contributed by atoms with Crippen LogP contribution in [0.4, 0.5) is 0 Å². The van der Waals surface area contributed by atoms with Crippen molar-refractivity contribution < 1.29 is 12.6 Å². The topological polar surface area (TPSA) is 95.4 Å². The van der Waals surface area contributed by atoms with Crippen LogP contribution in [-0.2, 0) is 14.3 Å². The van der Waals surface area contributed by atoms with Crippen LogP contribution in [0.1, 0.15) is 32.6 Å². The first-order chi connectivity index (χ1) is 5.87. The van der Waals surface area contributed by atoms with Gasteiger partial charge >= 0.3 is 29.6 Å². The maximum absolute atomic E-state index is 11.1. The monoisotopic (exact) mass is 234 g/mol. The van der Waals surface area contributed by atoms with Gasteiger partial charge in [-0.15, -0.1) is 0 Å². The average Bonchev–Trinajstić information content (AvgIpc) is 2.04. The first kappa shape index (κ1) is 17.2. The first-order valence-corrected chi connectivity index (χ1v) is 5.66. The van der Waals surface area contributed by atoms with Gasteiger partial charge in [0.1, 0.15) is 0 Å². The van der Waals surface area contributed by atoms with E-state index in [1.807, 2.05) is 6.92 Å². The standard InChI is InChI=1S/C7H18N2O3S.Na.H/c1-3-4-5-6-7(8,9)13(10,11)12-2;;/h3-6,8-9H2,1-2H3;;. The summed E-state index contributed by atoms with van der Waals surface area (Å²) < 4.78 is 26.5. The van der Waals surface area contributed by atoms with Gasteiger partial charge in [-0.3, -0.25) is 15.7 Å². The molecule has 0 saturated heterocycles. The molecule has 14 heavy (non-hydrogen) atoms. The van der Waals surface area contributed by atoms with Crippen molar-refractivity contribution in [3.8, 4) is 0 Å². The Morgan fingerprint density at radius 1 is 1.29 bits per heavy atom. The molecule has 0 rings (SSSR count). The Kier molecular flexibility index (Phi) is 8.81. The molecule has 4 N–H and O–H groups in total. The molecule has 0 heterocycles. The van der Waals surface area contributed by atoms with Crippen LogP contribution < -0.4 is 11.5 Å². The van der Waals surface area contributed by atoms with E-state index in [-0.39, 0.29) is 36.0 Å². The summed E-state index contributed by atoms with van der Waals surface area (Å²) in [5, 5.41) is 0. The van der Waals surface area contributed by atoms with Gasteiger partial charge in [0, 0.05) is 0 Å². The Morgan fingerprint density at radius 3 is 2.14 bits per heavy atom. The van der Waals surface area contributed by atoms with Crippen LogP contribution in [0.3, 0.4) is 0 Å². The molecule has 0 aromatic heterocycles. The first-order valence-electron chi connectivity index (χ1n) is 4.25. The van der Waals surface area contributed by atoms with E-state index < -0.39 is 15.1 Å². The summed E-state index contributed by atoms with van der Waals surface area (Å²) in [6, 6.07) is 0. The number of unbranched alkanes of at least 4 members (excludes halogenated alkanes) is 2. The summed E-state index contributed by atoms with van der Waals surface area (Å²) in [6.07, 6.45) is 2.81. The summed E-state index contributed by atoms with van der Waals surface area (Å²) in [5.41, 5.74) is 10.8. The van der Waals surface area contributed by atoms with Crippen LogP contribution in [0.15, 0.2) is 0 Å². The molecular weight excluding hydrogens is 215 g/mol. The van der Waals surface area contributed by atoms with Crippen LogP contribution in [-0.4, -0.2) is 50.1 Å². The van der Waals surface area contributed by atoms with Crippen molar-refractivity contribution in [2.24, 2.45) is 11.5 Å². The fourth-order valence-electron chi connectivity index (χ4n) is 0.931. The van der Waals surface area contributed by atoms with Crippen molar-refractivity contribution in [3.63, 3.8) is 0 Å². The fraction of sp³-hybridized carbons (Fsp3) is 1.00. The van der Waals surface area contributed by atoms with Gasteiger partial charge < -0.3 is 0 Å². The number of rotatable bonds is 6. The summed E-state index contributed by atoms with van der Waals surface area (Å²) in [5.74, 6) is 0. The minimum absolute atomic E-state index is 0. The second-order valence-corrected chi connectivity index (χ2v) is 5.03. The Balaban J connectivity index is 0. The second-order valence-electron chi connectivity index (χ2n) is 3.03. The van der Waals surface area contributed by atoms with E-state index in [1.54, 1.807) is 0 Å². The zero-order valence-corrected chi connectivity index (χ0v) is 8.93. The molecule has 0 unspecified atom stereocenters. The van der Waals surface area contributed by atoms with Crippen LogP contribution in [0.25, 0.3) is 0 Å². The predicted octanol–water partition coefficient (Wildman–Crippen LogP) is -0.534. The summed E-state index contributed by atoms with van der Waals surface area (Å²) in [6.45, 7) is 2.01. The zero-order valence-electron chi connectivity index (χ0n) is 8.12. The molecule has 0 bridgehead atoms. The van der Waals surface area contributed by atoms with Gasteiger partial charge in [-0.05, 0) is 12.8 Å². The van der Waals surface area contributed by atoms with E-state index in [9.17, 15) is 8.42 Å². The van der Waals surface area contributed by atoms with Gasteiger partial charge in [0.15, 0.2) is 4.99 Å². The van der Waals surface area contributed by atoms with E-state index in [0.29, 0.717) is 6.42 Å².